The quantitative estimate of drug-likeness (QED) is 0.606. The summed E-state index contributed by atoms with van der Waals surface area (Å²) in [5.41, 5.74) is 2.62. The first-order chi connectivity index (χ1) is 15.0. The summed E-state index contributed by atoms with van der Waals surface area (Å²) in [6, 6.07) is 13.6. The molecule has 2 N–H and O–H groups in total. The number of hydrogen-bond acceptors (Lipinski definition) is 5. The Kier molecular flexibility index (Phi) is 5.92. The van der Waals surface area contributed by atoms with Crippen LogP contribution in [0.4, 0.5) is 11.5 Å². The van der Waals surface area contributed by atoms with Gasteiger partial charge in [-0.05, 0) is 17.7 Å². The molecule has 160 valence electrons. The SMILES string of the molecule is COCc1nn2c(c1-c1ccccc1)NC(=O)CC2C(=O)Nc1cc(OC)ccc1Cl. The Bertz CT molecular complexity index is 1130. The number of anilines is 2. The molecule has 1 unspecified atom stereocenters. The molecule has 3 aromatic rings. The van der Waals surface area contributed by atoms with Crippen LogP contribution in [0.15, 0.2) is 48.5 Å². The van der Waals surface area contributed by atoms with Gasteiger partial charge in [-0.25, -0.2) is 4.68 Å². The molecular weight excluding hydrogens is 420 g/mol. The Morgan fingerprint density at radius 3 is 2.74 bits per heavy atom. The van der Waals surface area contributed by atoms with E-state index in [2.05, 4.69) is 15.7 Å². The number of carbonyl (C=O) groups excluding carboxylic acids is 2. The molecule has 2 heterocycles. The second-order valence-corrected chi connectivity index (χ2v) is 7.42. The molecule has 0 radical (unpaired) electrons. The summed E-state index contributed by atoms with van der Waals surface area (Å²) in [5, 5.41) is 10.6. The number of benzene rings is 2. The fraction of sp³-hybridized carbons (Fsp3) is 0.227. The first-order valence-electron chi connectivity index (χ1n) is 9.61. The van der Waals surface area contributed by atoms with Gasteiger partial charge in [0.05, 0.1) is 36.5 Å². The normalized spacial score (nSPS) is 15.2. The van der Waals surface area contributed by atoms with E-state index in [9.17, 15) is 9.59 Å². The Morgan fingerprint density at radius 2 is 2.03 bits per heavy atom. The van der Waals surface area contributed by atoms with E-state index in [4.69, 9.17) is 21.1 Å². The van der Waals surface area contributed by atoms with Crippen LogP contribution in [0.25, 0.3) is 11.1 Å². The molecule has 0 saturated heterocycles. The van der Waals surface area contributed by atoms with E-state index < -0.39 is 11.9 Å². The standard InChI is InChI=1S/C22H21ClN4O4/c1-30-12-17-20(13-6-4-3-5-7-13)21-25-19(28)11-18(27(21)26-17)22(29)24-16-10-14(31-2)8-9-15(16)23/h3-10,18H,11-12H2,1-2H3,(H,24,29)(H,25,28). The van der Waals surface area contributed by atoms with Crippen molar-refractivity contribution in [1.29, 1.82) is 0 Å². The van der Waals surface area contributed by atoms with Crippen LogP contribution in [0.5, 0.6) is 5.75 Å². The summed E-state index contributed by atoms with van der Waals surface area (Å²) in [6.45, 7) is 0.232. The number of methoxy groups -OCH3 is 2. The van der Waals surface area contributed by atoms with E-state index in [-0.39, 0.29) is 18.9 Å². The predicted molar refractivity (Wildman–Crippen MR) is 117 cm³/mol. The molecule has 31 heavy (non-hydrogen) atoms. The molecule has 0 spiro atoms. The summed E-state index contributed by atoms with van der Waals surface area (Å²) in [6.07, 6.45) is -0.0528. The Balaban J connectivity index is 1.74. The average molecular weight is 441 g/mol. The Labute approximate surface area is 184 Å². The zero-order valence-electron chi connectivity index (χ0n) is 17.0. The van der Waals surface area contributed by atoms with Crippen LogP contribution in [0.1, 0.15) is 18.2 Å². The lowest BCUT2D eigenvalue weighted by Crippen LogP contribution is -2.36. The van der Waals surface area contributed by atoms with Gasteiger partial charge < -0.3 is 20.1 Å². The highest BCUT2D eigenvalue weighted by atomic mass is 35.5. The number of halogens is 1. The predicted octanol–water partition coefficient (Wildman–Crippen LogP) is 3.88. The summed E-state index contributed by atoms with van der Waals surface area (Å²) >= 11 is 6.23. The molecule has 4 rings (SSSR count). The van der Waals surface area contributed by atoms with Crippen molar-refractivity contribution in [1.82, 2.24) is 9.78 Å². The molecular formula is C22H21ClN4O4. The molecule has 8 nitrogen and oxygen atoms in total. The van der Waals surface area contributed by atoms with Gasteiger partial charge in [0.15, 0.2) is 0 Å². The molecule has 9 heteroatoms. The molecule has 0 bridgehead atoms. The smallest absolute Gasteiger partial charge is 0.249 e. The molecule has 0 saturated carbocycles. The molecule has 1 aromatic heterocycles. The summed E-state index contributed by atoms with van der Waals surface area (Å²) in [7, 11) is 3.10. The second-order valence-electron chi connectivity index (χ2n) is 7.02. The van der Waals surface area contributed by atoms with Crippen molar-refractivity contribution in [3.63, 3.8) is 0 Å². The molecule has 1 atom stereocenters. The third-order valence-corrected chi connectivity index (χ3v) is 5.32. The van der Waals surface area contributed by atoms with Crippen molar-refractivity contribution >= 4 is 34.9 Å². The summed E-state index contributed by atoms with van der Waals surface area (Å²) < 4.78 is 12.0. The van der Waals surface area contributed by atoms with Gasteiger partial charge in [-0.1, -0.05) is 41.9 Å². The maximum Gasteiger partial charge on any atom is 0.249 e. The largest absolute Gasteiger partial charge is 0.497 e. The lowest BCUT2D eigenvalue weighted by Gasteiger charge is -2.24. The lowest BCUT2D eigenvalue weighted by atomic mass is 10.0. The van der Waals surface area contributed by atoms with Crippen molar-refractivity contribution in [3.05, 3.63) is 59.2 Å². The van der Waals surface area contributed by atoms with Crippen molar-refractivity contribution in [2.45, 2.75) is 19.1 Å². The van der Waals surface area contributed by atoms with Crippen molar-refractivity contribution in [2.24, 2.45) is 0 Å². The number of nitrogens with zero attached hydrogens (tertiary/aromatic N) is 2. The van der Waals surface area contributed by atoms with E-state index in [0.717, 1.165) is 11.1 Å². The number of fused-ring (bicyclic) bond motifs is 1. The van der Waals surface area contributed by atoms with E-state index >= 15 is 0 Å². The second kappa shape index (κ2) is 8.79. The van der Waals surface area contributed by atoms with Crippen LogP contribution in [-0.4, -0.2) is 35.8 Å². The number of rotatable bonds is 6. The fourth-order valence-electron chi connectivity index (χ4n) is 3.56. The van der Waals surface area contributed by atoms with Crippen molar-refractivity contribution in [2.75, 3.05) is 24.9 Å². The van der Waals surface area contributed by atoms with Crippen LogP contribution < -0.4 is 15.4 Å². The lowest BCUT2D eigenvalue weighted by molar-refractivity contribution is -0.125. The molecule has 1 aliphatic rings. The van der Waals surface area contributed by atoms with Gasteiger partial charge >= 0.3 is 0 Å². The van der Waals surface area contributed by atoms with E-state index in [1.165, 1.54) is 7.11 Å². The summed E-state index contributed by atoms with van der Waals surface area (Å²) in [5.74, 6) is 0.337. The fourth-order valence-corrected chi connectivity index (χ4v) is 3.73. The third-order valence-electron chi connectivity index (χ3n) is 4.99. The Morgan fingerprint density at radius 1 is 1.26 bits per heavy atom. The van der Waals surface area contributed by atoms with Crippen LogP contribution in [0.3, 0.4) is 0 Å². The van der Waals surface area contributed by atoms with Crippen molar-refractivity contribution in [3.8, 4) is 16.9 Å². The van der Waals surface area contributed by atoms with Crippen LogP contribution in [-0.2, 0) is 20.9 Å². The van der Waals surface area contributed by atoms with Crippen molar-refractivity contribution < 1.29 is 19.1 Å². The van der Waals surface area contributed by atoms with Gasteiger partial charge in [-0.2, -0.15) is 5.10 Å². The van der Waals surface area contributed by atoms with Gasteiger partial charge in [0, 0.05) is 18.7 Å². The number of nitrogens with one attached hydrogen (secondary N) is 2. The maximum absolute atomic E-state index is 13.2. The van der Waals surface area contributed by atoms with E-state index in [1.807, 2.05) is 30.3 Å². The topological polar surface area (TPSA) is 94.5 Å². The summed E-state index contributed by atoms with van der Waals surface area (Å²) in [4.78, 5) is 25.7. The highest BCUT2D eigenvalue weighted by molar-refractivity contribution is 6.33. The minimum Gasteiger partial charge on any atom is -0.497 e. The Hall–Kier alpha value is -3.36. The zero-order valence-corrected chi connectivity index (χ0v) is 17.8. The van der Waals surface area contributed by atoms with Gasteiger partial charge in [0.1, 0.15) is 17.6 Å². The van der Waals surface area contributed by atoms with E-state index in [0.29, 0.717) is 28.0 Å². The highest BCUT2D eigenvalue weighted by Gasteiger charge is 2.35. The van der Waals surface area contributed by atoms with Crippen LogP contribution in [0.2, 0.25) is 5.02 Å². The molecule has 0 aliphatic carbocycles. The molecule has 0 fully saturated rings. The third kappa shape index (κ3) is 4.12. The molecule has 1 aliphatic heterocycles. The maximum atomic E-state index is 13.2. The number of ether oxygens (including phenoxy) is 2. The number of aromatic nitrogens is 2. The molecule has 2 amide bonds. The highest BCUT2D eigenvalue weighted by Crippen LogP contribution is 2.38. The minimum atomic E-state index is -0.848. The number of amides is 2. The van der Waals surface area contributed by atoms with E-state index in [1.54, 1.807) is 30.0 Å². The first-order valence-corrected chi connectivity index (χ1v) is 9.99. The number of hydrogen-bond donors (Lipinski definition) is 2. The first kappa shape index (κ1) is 20.9. The van der Waals surface area contributed by atoms with Gasteiger partial charge in [-0.15, -0.1) is 0 Å². The minimum absolute atomic E-state index is 0.0528. The van der Waals surface area contributed by atoms with Crippen LogP contribution >= 0.6 is 11.6 Å². The van der Waals surface area contributed by atoms with Gasteiger partial charge in [0.25, 0.3) is 0 Å². The monoisotopic (exact) mass is 440 g/mol. The average Bonchev–Trinajstić information content (AvgIpc) is 3.13. The van der Waals surface area contributed by atoms with Crippen LogP contribution in [0, 0.1) is 0 Å². The zero-order chi connectivity index (χ0) is 22.0. The number of carbonyl (C=O) groups is 2. The van der Waals surface area contributed by atoms with Gasteiger partial charge in [0.2, 0.25) is 11.8 Å². The van der Waals surface area contributed by atoms with Gasteiger partial charge in [-0.3, -0.25) is 9.59 Å². The molecule has 2 aromatic carbocycles.